The van der Waals surface area contributed by atoms with E-state index in [-0.39, 0.29) is 0 Å². The van der Waals surface area contributed by atoms with Crippen molar-refractivity contribution < 1.29 is 9.84 Å². The maximum absolute atomic E-state index is 10.3. The van der Waals surface area contributed by atoms with Gasteiger partial charge in [-0.15, -0.1) is 11.3 Å². The lowest BCUT2D eigenvalue weighted by molar-refractivity contribution is 0.201. The van der Waals surface area contributed by atoms with Crippen molar-refractivity contribution in [2.24, 2.45) is 0 Å². The number of aryl methyl sites for hydroxylation is 1. The third-order valence-electron chi connectivity index (χ3n) is 2.44. The van der Waals surface area contributed by atoms with Gasteiger partial charge in [0, 0.05) is 18.1 Å². The van der Waals surface area contributed by atoms with Crippen LogP contribution in [-0.4, -0.2) is 27.0 Å². The van der Waals surface area contributed by atoms with Gasteiger partial charge in [0.05, 0.1) is 13.3 Å². The molecule has 5 nitrogen and oxygen atoms in total. The van der Waals surface area contributed by atoms with E-state index in [1.165, 1.54) is 11.3 Å². The van der Waals surface area contributed by atoms with E-state index in [1.54, 1.807) is 24.2 Å². The Morgan fingerprint density at radius 1 is 1.59 bits per heavy atom. The molecule has 0 fully saturated rings. The summed E-state index contributed by atoms with van der Waals surface area (Å²) in [4.78, 5) is 4.12. The summed E-state index contributed by atoms with van der Waals surface area (Å²) in [7, 11) is 1.57. The van der Waals surface area contributed by atoms with E-state index in [4.69, 9.17) is 4.74 Å². The second kappa shape index (κ2) is 5.29. The topological polar surface area (TPSA) is 60.2 Å². The fourth-order valence-electron chi connectivity index (χ4n) is 1.69. The van der Waals surface area contributed by atoms with Crippen molar-refractivity contribution in [1.29, 1.82) is 0 Å². The Morgan fingerprint density at radius 2 is 2.41 bits per heavy atom. The molecule has 1 N–H and O–H groups in total. The molecule has 0 aliphatic carbocycles. The minimum atomic E-state index is -0.779. The fourth-order valence-corrected chi connectivity index (χ4v) is 2.31. The molecule has 0 saturated carbocycles. The lowest BCUT2D eigenvalue weighted by atomic mass is 10.2. The molecule has 0 aromatic carbocycles. The molecule has 1 unspecified atom stereocenters. The molecule has 2 heterocycles. The second-order valence-corrected chi connectivity index (χ2v) is 4.52. The zero-order chi connectivity index (χ0) is 12.3. The Morgan fingerprint density at radius 3 is 3.00 bits per heavy atom. The summed E-state index contributed by atoms with van der Waals surface area (Å²) in [6.45, 7) is 2.81. The minimum Gasteiger partial charge on any atom is -0.493 e. The van der Waals surface area contributed by atoms with Gasteiger partial charge < -0.3 is 9.84 Å². The summed E-state index contributed by atoms with van der Waals surface area (Å²) in [5, 5.41) is 17.0. The van der Waals surface area contributed by atoms with Gasteiger partial charge in [0.25, 0.3) is 0 Å². The normalized spacial score (nSPS) is 12.6. The quantitative estimate of drug-likeness (QED) is 0.883. The lowest BCUT2D eigenvalue weighted by Crippen LogP contribution is -2.11. The van der Waals surface area contributed by atoms with E-state index < -0.39 is 6.10 Å². The second-order valence-electron chi connectivity index (χ2n) is 3.59. The van der Waals surface area contributed by atoms with Gasteiger partial charge in [-0.1, -0.05) is 6.92 Å². The molecule has 0 aliphatic heterocycles. The van der Waals surface area contributed by atoms with Crippen molar-refractivity contribution >= 4 is 11.3 Å². The number of methoxy groups -OCH3 is 1. The summed E-state index contributed by atoms with van der Waals surface area (Å²) in [6.07, 6.45) is 3.47. The summed E-state index contributed by atoms with van der Waals surface area (Å²) in [6, 6.07) is 0. The van der Waals surface area contributed by atoms with E-state index in [0.29, 0.717) is 16.5 Å². The molecule has 2 rings (SSSR count). The van der Waals surface area contributed by atoms with Crippen molar-refractivity contribution in [3.63, 3.8) is 0 Å². The lowest BCUT2D eigenvalue weighted by Gasteiger charge is -2.12. The zero-order valence-electron chi connectivity index (χ0n) is 9.83. The molecule has 2 aromatic heterocycles. The molecule has 0 aliphatic rings. The first-order chi connectivity index (χ1) is 8.27. The van der Waals surface area contributed by atoms with Crippen LogP contribution in [0.1, 0.15) is 30.2 Å². The largest absolute Gasteiger partial charge is 0.493 e. The van der Waals surface area contributed by atoms with Crippen molar-refractivity contribution in [3.8, 4) is 5.75 Å². The number of rotatable bonds is 5. The van der Waals surface area contributed by atoms with Gasteiger partial charge in [-0.2, -0.15) is 5.10 Å². The molecule has 0 amide bonds. The predicted molar refractivity (Wildman–Crippen MR) is 65.2 cm³/mol. The monoisotopic (exact) mass is 253 g/mol. The number of hydrogen-bond donors (Lipinski definition) is 1. The van der Waals surface area contributed by atoms with E-state index in [9.17, 15) is 5.11 Å². The van der Waals surface area contributed by atoms with Gasteiger partial charge in [0.2, 0.25) is 0 Å². The first-order valence-corrected chi connectivity index (χ1v) is 6.33. The summed E-state index contributed by atoms with van der Waals surface area (Å²) in [5.41, 5.74) is 0.671. The average molecular weight is 253 g/mol. The molecule has 1 atom stereocenters. The van der Waals surface area contributed by atoms with Crippen molar-refractivity contribution in [2.45, 2.75) is 26.0 Å². The van der Waals surface area contributed by atoms with Crippen molar-refractivity contribution in [2.75, 3.05) is 7.11 Å². The third-order valence-corrected chi connectivity index (χ3v) is 3.27. The highest BCUT2D eigenvalue weighted by atomic mass is 32.1. The van der Waals surface area contributed by atoms with E-state index in [0.717, 1.165) is 13.0 Å². The van der Waals surface area contributed by atoms with Gasteiger partial charge in [0.1, 0.15) is 10.7 Å². The molecule has 6 heteroatoms. The van der Waals surface area contributed by atoms with Crippen molar-refractivity contribution in [1.82, 2.24) is 14.8 Å². The van der Waals surface area contributed by atoms with E-state index >= 15 is 0 Å². The molecule has 0 radical (unpaired) electrons. The van der Waals surface area contributed by atoms with Crippen LogP contribution in [-0.2, 0) is 6.54 Å². The van der Waals surface area contributed by atoms with Crippen LogP contribution in [0.2, 0.25) is 0 Å². The number of hydrogen-bond acceptors (Lipinski definition) is 5. The Labute approximate surface area is 104 Å². The van der Waals surface area contributed by atoms with Gasteiger partial charge in [-0.05, 0) is 6.42 Å². The summed E-state index contributed by atoms with van der Waals surface area (Å²) < 4.78 is 6.99. The Bertz CT molecular complexity index is 467. The molecular formula is C11H15N3O2S. The molecule has 0 saturated heterocycles. The van der Waals surface area contributed by atoms with Crippen LogP contribution < -0.4 is 4.74 Å². The van der Waals surface area contributed by atoms with Gasteiger partial charge >= 0.3 is 0 Å². The smallest absolute Gasteiger partial charge is 0.163 e. The Balaban J connectivity index is 2.38. The number of aliphatic hydroxyl groups excluding tert-OH is 1. The molecule has 2 aromatic rings. The predicted octanol–water partition coefficient (Wildman–Crippen LogP) is 1.84. The van der Waals surface area contributed by atoms with Crippen LogP contribution in [0.25, 0.3) is 0 Å². The third kappa shape index (κ3) is 2.32. The van der Waals surface area contributed by atoms with Crippen LogP contribution >= 0.6 is 11.3 Å². The number of aliphatic hydroxyl groups is 1. The van der Waals surface area contributed by atoms with E-state index in [2.05, 4.69) is 17.0 Å². The number of nitrogens with zero attached hydrogens (tertiary/aromatic N) is 3. The van der Waals surface area contributed by atoms with Gasteiger partial charge in [0.15, 0.2) is 11.9 Å². The van der Waals surface area contributed by atoms with Crippen LogP contribution in [0.15, 0.2) is 17.8 Å². The molecule has 17 heavy (non-hydrogen) atoms. The maximum atomic E-state index is 10.3. The number of aromatic nitrogens is 3. The summed E-state index contributed by atoms with van der Waals surface area (Å²) in [5.74, 6) is 0.598. The van der Waals surface area contributed by atoms with Crippen molar-refractivity contribution in [3.05, 3.63) is 28.5 Å². The SMILES string of the molecule is CCCn1ncc(OC)c1C(O)c1nccs1. The first kappa shape index (κ1) is 12.1. The molecule has 92 valence electrons. The number of ether oxygens (including phenoxy) is 1. The first-order valence-electron chi connectivity index (χ1n) is 5.45. The maximum Gasteiger partial charge on any atom is 0.163 e. The minimum absolute atomic E-state index is 0.598. The fraction of sp³-hybridized carbons (Fsp3) is 0.455. The summed E-state index contributed by atoms with van der Waals surface area (Å²) >= 11 is 1.42. The Hall–Kier alpha value is -1.40. The van der Waals surface area contributed by atoms with Crippen LogP contribution in [0, 0.1) is 0 Å². The molecular weight excluding hydrogens is 238 g/mol. The van der Waals surface area contributed by atoms with Gasteiger partial charge in [-0.25, -0.2) is 4.98 Å². The van der Waals surface area contributed by atoms with Gasteiger partial charge in [-0.3, -0.25) is 4.68 Å². The van der Waals surface area contributed by atoms with Crippen LogP contribution in [0.3, 0.4) is 0 Å². The van der Waals surface area contributed by atoms with Crippen LogP contribution in [0.5, 0.6) is 5.75 Å². The van der Waals surface area contributed by atoms with Crippen LogP contribution in [0.4, 0.5) is 0 Å². The number of thiazole rings is 1. The Kier molecular flexibility index (Phi) is 3.75. The standard InChI is InChI=1S/C11H15N3O2S/c1-3-5-14-9(8(16-2)7-13-14)10(15)11-12-4-6-17-11/h4,6-7,10,15H,3,5H2,1-2H3. The highest BCUT2D eigenvalue weighted by Gasteiger charge is 2.22. The highest BCUT2D eigenvalue weighted by molar-refractivity contribution is 7.09. The molecule has 0 spiro atoms. The average Bonchev–Trinajstić information content (AvgIpc) is 2.97. The van der Waals surface area contributed by atoms with E-state index in [1.807, 2.05) is 5.38 Å². The zero-order valence-corrected chi connectivity index (χ0v) is 10.6. The molecule has 0 bridgehead atoms. The highest BCUT2D eigenvalue weighted by Crippen LogP contribution is 2.30.